The molecule has 1 amide bonds. The largest absolute Gasteiger partial charge is 0.379 e. The Morgan fingerprint density at radius 1 is 1.23 bits per heavy atom. The van der Waals surface area contributed by atoms with Crippen LogP contribution in [0.25, 0.3) is 11.0 Å². The molecule has 1 N–H and O–H groups in total. The molecule has 0 unspecified atom stereocenters. The third-order valence-corrected chi connectivity index (χ3v) is 5.80. The molecule has 1 aromatic carbocycles. The third-order valence-electron chi connectivity index (χ3n) is 5.55. The number of hydrogen-bond acceptors (Lipinski definition) is 5. The van der Waals surface area contributed by atoms with Crippen molar-refractivity contribution in [2.24, 2.45) is 7.05 Å². The number of nitrogens with one attached hydrogen (secondary N) is 1. The lowest BCUT2D eigenvalue weighted by atomic mass is 10.1. The van der Waals surface area contributed by atoms with Gasteiger partial charge in [-0.3, -0.25) is 14.5 Å². The summed E-state index contributed by atoms with van der Waals surface area (Å²) in [7, 11) is 1.80. The molecule has 2 aromatic heterocycles. The van der Waals surface area contributed by atoms with Gasteiger partial charge in [0.05, 0.1) is 18.6 Å². The van der Waals surface area contributed by atoms with Gasteiger partial charge in [0.15, 0.2) is 0 Å². The fourth-order valence-electron chi connectivity index (χ4n) is 3.73. The van der Waals surface area contributed by atoms with E-state index in [-0.39, 0.29) is 11.0 Å². The van der Waals surface area contributed by atoms with Crippen LogP contribution in [0.1, 0.15) is 27.2 Å². The fraction of sp³-hybridized carbons (Fsp3) is 0.348. The molecule has 1 fully saturated rings. The molecule has 0 aliphatic carbocycles. The summed E-state index contributed by atoms with van der Waals surface area (Å²) in [5.41, 5.74) is 3.14. The van der Waals surface area contributed by atoms with E-state index < -0.39 is 5.91 Å². The predicted molar refractivity (Wildman–Crippen MR) is 120 cm³/mol. The first-order valence-corrected chi connectivity index (χ1v) is 10.6. The van der Waals surface area contributed by atoms with Crippen LogP contribution in [0.15, 0.2) is 41.3 Å². The number of aryl methyl sites for hydroxylation is 2. The zero-order valence-electron chi connectivity index (χ0n) is 17.7. The summed E-state index contributed by atoms with van der Waals surface area (Å²) < 4.78 is 7.15. The lowest BCUT2D eigenvalue weighted by Crippen LogP contribution is -2.36. The molecule has 3 heterocycles. The minimum Gasteiger partial charge on any atom is -0.379 e. The Labute approximate surface area is 185 Å². The fourth-order valence-corrected chi connectivity index (χ4v) is 3.86. The van der Waals surface area contributed by atoms with E-state index in [1.165, 1.54) is 0 Å². The number of carbonyl (C=O) groups excluding carboxylic acids is 1. The van der Waals surface area contributed by atoms with Crippen LogP contribution in [-0.2, 0) is 24.9 Å². The Hall–Kier alpha value is -2.74. The third kappa shape index (κ3) is 4.79. The molecule has 4 rings (SSSR count). The molecule has 0 radical (unpaired) electrons. The SMILES string of the molecule is Cc1nc2c(cc1CN1CCOCC1)c(=O)c(C(=O)NCc1ccc(Cl)cc1)cn2C. The van der Waals surface area contributed by atoms with Crippen LogP contribution in [0.3, 0.4) is 0 Å². The monoisotopic (exact) mass is 440 g/mol. The maximum atomic E-state index is 13.2. The lowest BCUT2D eigenvalue weighted by molar-refractivity contribution is 0.0341. The van der Waals surface area contributed by atoms with Gasteiger partial charge >= 0.3 is 0 Å². The molecule has 0 saturated carbocycles. The van der Waals surface area contributed by atoms with Gasteiger partial charge in [-0.2, -0.15) is 0 Å². The number of ether oxygens (including phenoxy) is 1. The minimum absolute atomic E-state index is 0.104. The highest BCUT2D eigenvalue weighted by Gasteiger charge is 2.18. The highest BCUT2D eigenvalue weighted by atomic mass is 35.5. The predicted octanol–water partition coefficient (Wildman–Crippen LogP) is 2.66. The number of pyridine rings is 2. The van der Waals surface area contributed by atoms with E-state index in [4.69, 9.17) is 16.3 Å². The van der Waals surface area contributed by atoms with Crippen molar-refractivity contribution in [3.05, 3.63) is 74.2 Å². The van der Waals surface area contributed by atoms with Crippen molar-refractivity contribution in [2.45, 2.75) is 20.0 Å². The number of fused-ring (bicyclic) bond motifs is 1. The van der Waals surface area contributed by atoms with Gasteiger partial charge in [0.2, 0.25) is 5.43 Å². The first-order valence-electron chi connectivity index (χ1n) is 10.2. The second-order valence-electron chi connectivity index (χ2n) is 7.78. The number of carbonyl (C=O) groups is 1. The Kier molecular flexibility index (Phi) is 6.36. The number of hydrogen-bond donors (Lipinski definition) is 1. The first kappa shape index (κ1) is 21.5. The number of morpholine rings is 1. The molecule has 0 bridgehead atoms. The van der Waals surface area contributed by atoms with Crippen molar-refractivity contribution in [2.75, 3.05) is 26.3 Å². The molecule has 162 valence electrons. The van der Waals surface area contributed by atoms with E-state index in [1.807, 2.05) is 25.1 Å². The normalized spacial score (nSPS) is 14.7. The van der Waals surface area contributed by atoms with E-state index >= 15 is 0 Å². The number of aromatic nitrogens is 2. The topological polar surface area (TPSA) is 76.5 Å². The zero-order valence-corrected chi connectivity index (χ0v) is 18.4. The Morgan fingerprint density at radius 3 is 2.65 bits per heavy atom. The summed E-state index contributed by atoms with van der Waals surface area (Å²) in [4.78, 5) is 32.9. The van der Waals surface area contributed by atoms with E-state index in [0.717, 1.165) is 29.9 Å². The zero-order chi connectivity index (χ0) is 22.0. The standard InChI is InChI=1S/C23H25ClN4O3/c1-15-17(13-28-7-9-31-10-8-28)11-19-21(29)20(14-27(2)22(19)26-15)23(30)25-12-16-3-5-18(24)6-4-16/h3-6,11,14H,7-10,12-13H2,1-2H3,(H,25,30). The van der Waals surface area contributed by atoms with E-state index in [2.05, 4.69) is 15.2 Å². The number of benzene rings is 1. The molecule has 31 heavy (non-hydrogen) atoms. The lowest BCUT2D eigenvalue weighted by Gasteiger charge is -2.27. The smallest absolute Gasteiger partial charge is 0.257 e. The van der Waals surface area contributed by atoms with Gasteiger partial charge in [0.1, 0.15) is 11.2 Å². The number of nitrogens with zero attached hydrogens (tertiary/aromatic N) is 3. The average Bonchev–Trinajstić information content (AvgIpc) is 2.77. The molecule has 0 spiro atoms. The molecule has 1 aliphatic rings. The summed E-state index contributed by atoms with van der Waals surface area (Å²) in [5.74, 6) is -0.409. The van der Waals surface area contributed by atoms with Crippen LogP contribution >= 0.6 is 11.6 Å². The summed E-state index contributed by atoms with van der Waals surface area (Å²) in [6.45, 7) is 6.08. The van der Waals surface area contributed by atoms with E-state index in [9.17, 15) is 9.59 Å². The highest BCUT2D eigenvalue weighted by molar-refractivity contribution is 6.30. The summed E-state index contributed by atoms with van der Waals surface area (Å²) in [5, 5.41) is 3.91. The van der Waals surface area contributed by atoms with Crippen molar-refractivity contribution in [3.8, 4) is 0 Å². The van der Waals surface area contributed by atoms with E-state index in [1.54, 1.807) is 29.9 Å². The Morgan fingerprint density at radius 2 is 1.94 bits per heavy atom. The molecule has 1 saturated heterocycles. The van der Waals surface area contributed by atoms with Gasteiger partial charge in [-0.05, 0) is 36.2 Å². The number of rotatable bonds is 5. The maximum Gasteiger partial charge on any atom is 0.257 e. The molecule has 7 nitrogen and oxygen atoms in total. The second-order valence-corrected chi connectivity index (χ2v) is 8.22. The van der Waals surface area contributed by atoms with Crippen LogP contribution in [0.2, 0.25) is 5.02 Å². The molecular formula is C23H25ClN4O3. The Bertz CT molecular complexity index is 1170. The number of amides is 1. The Balaban J connectivity index is 1.62. The van der Waals surface area contributed by atoms with Gasteiger partial charge in [-0.1, -0.05) is 23.7 Å². The average molecular weight is 441 g/mol. The maximum absolute atomic E-state index is 13.2. The van der Waals surface area contributed by atoms with Crippen molar-refractivity contribution < 1.29 is 9.53 Å². The van der Waals surface area contributed by atoms with Crippen LogP contribution in [0, 0.1) is 6.92 Å². The van der Waals surface area contributed by atoms with E-state index in [0.29, 0.717) is 42.4 Å². The number of halogens is 1. The quantitative estimate of drug-likeness (QED) is 0.660. The van der Waals surface area contributed by atoms with Crippen molar-refractivity contribution in [1.82, 2.24) is 19.8 Å². The molecule has 0 atom stereocenters. The van der Waals surface area contributed by atoms with Gasteiger partial charge in [-0.25, -0.2) is 4.98 Å². The second kappa shape index (κ2) is 9.18. The molecule has 1 aliphatic heterocycles. The van der Waals surface area contributed by atoms with Crippen LogP contribution in [0.4, 0.5) is 0 Å². The molecular weight excluding hydrogens is 416 g/mol. The summed E-state index contributed by atoms with van der Waals surface area (Å²) in [6, 6.07) is 9.09. The highest BCUT2D eigenvalue weighted by Crippen LogP contribution is 2.17. The van der Waals surface area contributed by atoms with Crippen molar-refractivity contribution >= 4 is 28.5 Å². The van der Waals surface area contributed by atoms with Gasteiger partial charge in [0.25, 0.3) is 5.91 Å². The van der Waals surface area contributed by atoms with Gasteiger partial charge in [-0.15, -0.1) is 0 Å². The summed E-state index contributed by atoms with van der Waals surface area (Å²) >= 11 is 5.90. The summed E-state index contributed by atoms with van der Waals surface area (Å²) in [6.07, 6.45) is 1.55. The van der Waals surface area contributed by atoms with Crippen LogP contribution in [0.5, 0.6) is 0 Å². The van der Waals surface area contributed by atoms with Crippen molar-refractivity contribution in [3.63, 3.8) is 0 Å². The molecule has 3 aromatic rings. The van der Waals surface area contributed by atoms with Crippen LogP contribution < -0.4 is 10.7 Å². The first-order chi connectivity index (χ1) is 14.9. The molecule has 8 heteroatoms. The van der Waals surface area contributed by atoms with Gasteiger partial charge < -0.3 is 14.6 Å². The van der Waals surface area contributed by atoms with Gasteiger partial charge in [0, 0.05) is 50.1 Å². The minimum atomic E-state index is -0.409. The van der Waals surface area contributed by atoms with Crippen LogP contribution in [-0.4, -0.2) is 46.7 Å². The van der Waals surface area contributed by atoms with Crippen molar-refractivity contribution in [1.29, 1.82) is 0 Å².